The number of ether oxygens (including phenoxy) is 2. The summed E-state index contributed by atoms with van der Waals surface area (Å²) in [5.41, 5.74) is 4.37. The zero-order valence-corrected chi connectivity index (χ0v) is 36.6. The number of allylic oxidation sites excluding steroid dienone is 7. The minimum atomic E-state index is -1.02. The number of fused-ring (bicyclic) bond motifs is 8. The van der Waals surface area contributed by atoms with Gasteiger partial charge in [-0.25, -0.2) is 0 Å². The van der Waals surface area contributed by atoms with Crippen LogP contribution in [0.1, 0.15) is 133 Å². The first-order valence-corrected chi connectivity index (χ1v) is 22.3. The van der Waals surface area contributed by atoms with Gasteiger partial charge in [0.25, 0.3) is 11.8 Å². The molecule has 2 heterocycles. The molecule has 3 N–H and O–H groups in total. The Balaban J connectivity index is 0.801. The molecule has 0 bridgehead atoms. The van der Waals surface area contributed by atoms with E-state index >= 15 is 0 Å². The van der Waals surface area contributed by atoms with Crippen LogP contribution in [-0.4, -0.2) is 84.2 Å². The van der Waals surface area contributed by atoms with Gasteiger partial charge in [0.2, 0.25) is 17.6 Å². The average molecular weight is 836 g/mol. The van der Waals surface area contributed by atoms with E-state index in [0.717, 1.165) is 61.0 Å². The Labute approximate surface area is 358 Å². The highest BCUT2D eigenvalue weighted by atomic mass is 16.5. The van der Waals surface area contributed by atoms with Crippen LogP contribution >= 0.6 is 0 Å². The van der Waals surface area contributed by atoms with Crippen LogP contribution in [0.2, 0.25) is 0 Å². The molecule has 2 aliphatic heterocycles. The van der Waals surface area contributed by atoms with Gasteiger partial charge in [-0.05, 0) is 116 Å². The quantitative estimate of drug-likeness (QED) is 0.134. The lowest BCUT2D eigenvalue weighted by Gasteiger charge is -2.70. The zero-order chi connectivity index (χ0) is 43.7. The number of Topliss-reactive ketones (excluding diaryl/α,β-unsaturated/α-hetero) is 1. The third kappa shape index (κ3) is 6.87. The van der Waals surface area contributed by atoms with Crippen molar-refractivity contribution in [1.82, 2.24) is 10.2 Å². The number of imide groups is 2. The molecule has 4 fully saturated rings. The first-order chi connectivity index (χ1) is 28.9. The molecule has 3 saturated carbocycles. The molecule has 12 heteroatoms. The highest BCUT2D eigenvalue weighted by Crippen LogP contribution is 2.75. The molecule has 7 aliphatic rings. The molecule has 1 unspecified atom stereocenters. The smallest absolute Gasteiger partial charge is 0.264 e. The third-order valence-corrected chi connectivity index (χ3v) is 16.6. The van der Waals surface area contributed by atoms with Crippen molar-refractivity contribution in [3.8, 4) is 0 Å². The second kappa shape index (κ2) is 15.6. The topological polar surface area (TPSA) is 168 Å². The van der Waals surface area contributed by atoms with Crippen LogP contribution in [0.3, 0.4) is 0 Å². The average Bonchev–Trinajstić information content (AvgIpc) is 3.48. The van der Waals surface area contributed by atoms with Gasteiger partial charge in [0, 0.05) is 48.1 Å². The van der Waals surface area contributed by atoms with Crippen LogP contribution in [0.5, 0.6) is 0 Å². The summed E-state index contributed by atoms with van der Waals surface area (Å²) in [7, 11) is 0. The van der Waals surface area contributed by atoms with Crippen LogP contribution in [0.25, 0.3) is 0 Å². The molecular weight excluding hydrogens is 775 g/mol. The van der Waals surface area contributed by atoms with Gasteiger partial charge in [0.05, 0.1) is 30.9 Å². The summed E-state index contributed by atoms with van der Waals surface area (Å²) < 4.78 is 11.6. The van der Waals surface area contributed by atoms with E-state index in [1.807, 2.05) is 6.92 Å². The van der Waals surface area contributed by atoms with E-state index in [-0.39, 0.29) is 57.2 Å². The molecule has 0 radical (unpaired) electrons. The zero-order valence-electron chi connectivity index (χ0n) is 36.6. The molecule has 326 valence electrons. The molecule has 0 spiro atoms. The van der Waals surface area contributed by atoms with Gasteiger partial charge < -0.3 is 19.9 Å². The normalized spacial score (nSPS) is 34.4. The molecule has 1 aromatic carbocycles. The first-order valence-electron chi connectivity index (χ1n) is 22.3. The number of carbonyl (C=O) groups is 6. The standard InChI is InChI=1S/C49H61N3O9/c1-29-30-12-14-36-47(4,32(30)27-35(53)41(29)56)19-21-49(6)37-28-46(3,17-16-45(37,2)18-20-48(36,49)5)38(54)11-8-23-60-25-26-61-24-22-50-33-10-7-9-31-40(33)44(59)52(43(31)58)34-13-15-39(55)51-42(34)57/h7,9-10,12,14,27,34,37,50,56H,8,11,13,15-26,28H2,1-6H3,(H,51,55,57)/t34?,37-,45-,46-,47+,48-,49+/m1/s1. The lowest BCUT2D eigenvalue weighted by atomic mass is 9.34. The van der Waals surface area contributed by atoms with E-state index in [4.69, 9.17) is 9.47 Å². The Morgan fingerprint density at radius 1 is 0.902 bits per heavy atom. The summed E-state index contributed by atoms with van der Waals surface area (Å²) in [6.07, 6.45) is 14.3. The Kier molecular flexibility index (Phi) is 11.0. The van der Waals surface area contributed by atoms with Crippen molar-refractivity contribution < 1.29 is 43.3 Å². The van der Waals surface area contributed by atoms with Crippen molar-refractivity contribution in [3.05, 3.63) is 75.6 Å². The number of hydrogen-bond acceptors (Lipinski definition) is 10. The van der Waals surface area contributed by atoms with Crippen LogP contribution < -0.4 is 10.6 Å². The summed E-state index contributed by atoms with van der Waals surface area (Å²) >= 11 is 0. The number of hydrogen-bond donors (Lipinski definition) is 3. The number of ketones is 2. The van der Waals surface area contributed by atoms with E-state index < -0.39 is 35.1 Å². The van der Waals surface area contributed by atoms with E-state index in [2.05, 4.69) is 57.4 Å². The molecule has 1 aromatic rings. The minimum Gasteiger partial charge on any atom is -0.504 e. The van der Waals surface area contributed by atoms with E-state index in [1.54, 1.807) is 24.3 Å². The molecule has 7 atom stereocenters. The molecule has 61 heavy (non-hydrogen) atoms. The van der Waals surface area contributed by atoms with Crippen LogP contribution in [0, 0.1) is 33.0 Å². The van der Waals surface area contributed by atoms with Crippen LogP contribution in [0.4, 0.5) is 5.69 Å². The van der Waals surface area contributed by atoms with Crippen LogP contribution in [0.15, 0.2) is 64.5 Å². The Morgan fingerprint density at radius 3 is 2.39 bits per heavy atom. The number of piperidine rings is 1. The molecule has 5 aliphatic carbocycles. The largest absolute Gasteiger partial charge is 0.504 e. The Hall–Kier alpha value is -4.68. The van der Waals surface area contributed by atoms with Gasteiger partial charge in [-0.2, -0.15) is 0 Å². The van der Waals surface area contributed by atoms with Gasteiger partial charge in [0.1, 0.15) is 11.8 Å². The van der Waals surface area contributed by atoms with Gasteiger partial charge in [-0.1, -0.05) is 58.4 Å². The van der Waals surface area contributed by atoms with Crippen molar-refractivity contribution >= 4 is 40.9 Å². The Morgan fingerprint density at radius 2 is 1.64 bits per heavy atom. The fourth-order valence-electron chi connectivity index (χ4n) is 12.6. The van der Waals surface area contributed by atoms with Crippen molar-refractivity contribution in [1.29, 1.82) is 0 Å². The number of rotatable bonds is 13. The number of nitrogens with zero attached hydrogens (tertiary/aromatic N) is 1. The third-order valence-electron chi connectivity index (χ3n) is 16.6. The van der Waals surface area contributed by atoms with Crippen molar-refractivity contribution in [2.75, 3.05) is 38.3 Å². The number of benzene rings is 1. The molecule has 12 nitrogen and oxygen atoms in total. The highest BCUT2D eigenvalue weighted by molar-refractivity contribution is 6.25. The Bertz CT molecular complexity index is 2240. The number of anilines is 1. The summed E-state index contributed by atoms with van der Waals surface area (Å²) in [5, 5.41) is 15.9. The molecular formula is C49H61N3O9. The predicted molar refractivity (Wildman–Crippen MR) is 228 cm³/mol. The van der Waals surface area contributed by atoms with E-state index in [9.17, 15) is 33.9 Å². The van der Waals surface area contributed by atoms with Crippen LogP contribution in [-0.2, 0) is 28.7 Å². The van der Waals surface area contributed by atoms with Crippen molar-refractivity contribution in [3.63, 3.8) is 0 Å². The van der Waals surface area contributed by atoms with Gasteiger partial charge in [0.15, 0.2) is 5.76 Å². The SMILES string of the molecule is CC1=C(O)C(=O)C=C2C1=CC=C1[C@@]2(C)CC[C@@]2(C)[C@@H]3C[C@](C)(C(=O)CCCOCCOCCNc4cccc5c4C(=O)N(C4CCC(=O)NC4=O)C5=O)CC[C@]3(C)CC[C@]12C. The second-order valence-corrected chi connectivity index (χ2v) is 20.0. The van der Waals surface area contributed by atoms with Crippen molar-refractivity contribution in [2.45, 2.75) is 118 Å². The fraction of sp³-hybridized carbons (Fsp3) is 0.592. The fourth-order valence-corrected chi connectivity index (χ4v) is 12.6. The lowest BCUT2D eigenvalue weighted by Crippen LogP contribution is -2.62. The number of carbonyl (C=O) groups excluding carboxylic acids is 6. The summed E-state index contributed by atoms with van der Waals surface area (Å²) in [6.45, 7) is 15.6. The minimum absolute atomic E-state index is 0.0138. The maximum Gasteiger partial charge on any atom is 0.264 e. The monoisotopic (exact) mass is 835 g/mol. The first kappa shape index (κ1) is 43.0. The van der Waals surface area contributed by atoms with Crippen molar-refractivity contribution in [2.24, 2.45) is 33.0 Å². The second-order valence-electron chi connectivity index (χ2n) is 20.0. The number of nitrogens with one attached hydrogen (secondary N) is 2. The number of aliphatic hydroxyl groups is 1. The van der Waals surface area contributed by atoms with E-state index in [1.165, 1.54) is 5.57 Å². The maximum absolute atomic E-state index is 14.1. The molecule has 8 rings (SSSR count). The molecule has 0 aromatic heterocycles. The van der Waals surface area contributed by atoms with Gasteiger partial charge in [-0.15, -0.1) is 0 Å². The summed E-state index contributed by atoms with van der Waals surface area (Å²) in [4.78, 5) is 78.4. The van der Waals surface area contributed by atoms with Gasteiger partial charge >= 0.3 is 0 Å². The summed E-state index contributed by atoms with van der Waals surface area (Å²) in [5.74, 6) is -1.93. The highest BCUT2D eigenvalue weighted by Gasteiger charge is 2.67. The molecule has 4 amide bonds. The maximum atomic E-state index is 14.1. The summed E-state index contributed by atoms with van der Waals surface area (Å²) in [6, 6.07) is 3.92. The lowest BCUT2D eigenvalue weighted by molar-refractivity contribution is -0.168. The predicted octanol–water partition coefficient (Wildman–Crippen LogP) is 7.51. The molecule has 1 saturated heterocycles. The number of aliphatic hydroxyl groups excluding tert-OH is 1. The van der Waals surface area contributed by atoms with Gasteiger partial charge in [-0.3, -0.25) is 39.0 Å². The van der Waals surface area contributed by atoms with E-state index in [0.29, 0.717) is 68.8 Å². The number of amides is 4.